The number of carbonyl (C=O) groups excluding carboxylic acids is 1. The SMILES string of the molecule is COc1c(Br)cc(Cl)cc1S(=O)(=O)N1CCCC1C(=O)N1CCOCC1. The molecule has 2 aliphatic rings. The predicted octanol–water partition coefficient (Wildman–Crippen LogP) is 2.12. The highest BCUT2D eigenvalue weighted by molar-refractivity contribution is 9.10. The molecule has 10 heteroatoms. The van der Waals surface area contributed by atoms with Crippen LogP contribution >= 0.6 is 27.5 Å². The van der Waals surface area contributed by atoms with Crippen LogP contribution in [0.3, 0.4) is 0 Å². The van der Waals surface area contributed by atoms with E-state index in [0.717, 1.165) is 0 Å². The van der Waals surface area contributed by atoms with Gasteiger partial charge in [-0.1, -0.05) is 11.6 Å². The van der Waals surface area contributed by atoms with Crippen LogP contribution in [0.2, 0.25) is 5.02 Å². The Labute approximate surface area is 166 Å². The van der Waals surface area contributed by atoms with Crippen LogP contribution < -0.4 is 4.74 Å². The number of halogens is 2. The molecule has 0 aliphatic carbocycles. The van der Waals surface area contributed by atoms with Crippen molar-refractivity contribution in [1.29, 1.82) is 0 Å². The molecule has 2 aliphatic heterocycles. The van der Waals surface area contributed by atoms with Gasteiger partial charge in [0.25, 0.3) is 0 Å². The molecule has 0 radical (unpaired) electrons. The van der Waals surface area contributed by atoms with Gasteiger partial charge in [-0.15, -0.1) is 0 Å². The fraction of sp³-hybridized carbons (Fsp3) is 0.562. The molecule has 1 unspecified atom stereocenters. The molecule has 2 heterocycles. The molecule has 3 rings (SSSR count). The minimum absolute atomic E-state index is 0.0407. The van der Waals surface area contributed by atoms with Gasteiger partial charge in [-0.3, -0.25) is 4.79 Å². The Morgan fingerprint density at radius 3 is 2.65 bits per heavy atom. The van der Waals surface area contributed by atoms with Gasteiger partial charge in [-0.2, -0.15) is 4.31 Å². The molecular weight excluding hydrogens is 448 g/mol. The van der Waals surface area contributed by atoms with Crippen LogP contribution in [0.4, 0.5) is 0 Å². The minimum atomic E-state index is -3.94. The van der Waals surface area contributed by atoms with Crippen molar-refractivity contribution in [3.63, 3.8) is 0 Å². The second-order valence-corrected chi connectivity index (χ2v) is 9.28. The maximum atomic E-state index is 13.3. The van der Waals surface area contributed by atoms with Crippen molar-refractivity contribution in [3.05, 3.63) is 21.6 Å². The Bertz CT molecular complexity index is 798. The molecule has 0 aromatic heterocycles. The number of morpholine rings is 1. The second kappa shape index (κ2) is 8.02. The van der Waals surface area contributed by atoms with E-state index < -0.39 is 16.1 Å². The van der Waals surface area contributed by atoms with Crippen LogP contribution in [0.1, 0.15) is 12.8 Å². The van der Waals surface area contributed by atoms with Crippen molar-refractivity contribution >= 4 is 43.5 Å². The smallest absolute Gasteiger partial charge is 0.247 e. The van der Waals surface area contributed by atoms with Crippen LogP contribution in [-0.4, -0.2) is 69.5 Å². The Morgan fingerprint density at radius 1 is 1.31 bits per heavy atom. The molecule has 1 atom stereocenters. The van der Waals surface area contributed by atoms with Crippen LogP contribution in [0, 0.1) is 0 Å². The average molecular weight is 468 g/mol. The first kappa shape index (κ1) is 19.9. The summed E-state index contributed by atoms with van der Waals surface area (Å²) < 4.78 is 38.8. The molecule has 2 fully saturated rings. The number of hydrogen-bond donors (Lipinski definition) is 0. The summed E-state index contributed by atoms with van der Waals surface area (Å²) in [7, 11) is -2.55. The molecule has 1 aromatic rings. The van der Waals surface area contributed by atoms with Crippen LogP contribution in [0.5, 0.6) is 5.75 Å². The standard InChI is InChI=1S/C16H20BrClN2O5S/c1-24-15-12(17)9-11(18)10-14(15)26(22,23)20-4-2-3-13(20)16(21)19-5-7-25-8-6-19/h9-10,13H,2-8H2,1H3. The third-order valence-corrected chi connectivity index (χ3v) is 7.30. The number of rotatable bonds is 4. The molecular formula is C16H20BrClN2O5S. The lowest BCUT2D eigenvalue weighted by Gasteiger charge is -2.32. The number of benzene rings is 1. The monoisotopic (exact) mass is 466 g/mol. The summed E-state index contributed by atoms with van der Waals surface area (Å²) in [5.74, 6) is 0.00769. The van der Waals surface area contributed by atoms with E-state index in [-0.39, 0.29) is 28.1 Å². The number of methoxy groups -OCH3 is 1. The van der Waals surface area contributed by atoms with Gasteiger partial charge in [0.2, 0.25) is 15.9 Å². The van der Waals surface area contributed by atoms with Gasteiger partial charge in [-0.05, 0) is 40.9 Å². The van der Waals surface area contributed by atoms with Crippen molar-refractivity contribution in [2.24, 2.45) is 0 Å². The highest BCUT2D eigenvalue weighted by Crippen LogP contribution is 2.38. The molecule has 7 nitrogen and oxygen atoms in total. The molecule has 26 heavy (non-hydrogen) atoms. The molecule has 0 bridgehead atoms. The predicted molar refractivity (Wildman–Crippen MR) is 100 cm³/mol. The molecule has 0 spiro atoms. The van der Waals surface area contributed by atoms with E-state index in [4.69, 9.17) is 21.1 Å². The molecule has 1 aromatic carbocycles. The first-order valence-corrected chi connectivity index (χ1v) is 10.9. The quantitative estimate of drug-likeness (QED) is 0.678. The Hall–Kier alpha value is -0.870. The maximum absolute atomic E-state index is 13.3. The lowest BCUT2D eigenvalue weighted by atomic mass is 10.2. The van der Waals surface area contributed by atoms with E-state index >= 15 is 0 Å². The summed E-state index contributed by atoms with van der Waals surface area (Å²) >= 11 is 9.34. The van der Waals surface area contributed by atoms with Crippen molar-refractivity contribution < 1.29 is 22.7 Å². The van der Waals surface area contributed by atoms with Crippen LogP contribution in [0.15, 0.2) is 21.5 Å². The topological polar surface area (TPSA) is 76.2 Å². The molecule has 0 saturated carbocycles. The zero-order valence-corrected chi connectivity index (χ0v) is 17.4. The summed E-state index contributed by atoms with van der Waals surface area (Å²) in [5, 5.41) is 0.270. The van der Waals surface area contributed by atoms with Gasteiger partial charge in [0.15, 0.2) is 5.75 Å². The summed E-state index contributed by atoms with van der Waals surface area (Å²) in [6, 6.07) is 2.22. The van der Waals surface area contributed by atoms with Crippen molar-refractivity contribution in [2.45, 2.75) is 23.8 Å². The van der Waals surface area contributed by atoms with Gasteiger partial charge in [0.1, 0.15) is 10.9 Å². The Kier molecular flexibility index (Phi) is 6.13. The molecule has 2 saturated heterocycles. The van der Waals surface area contributed by atoms with Gasteiger partial charge in [0, 0.05) is 24.7 Å². The zero-order valence-electron chi connectivity index (χ0n) is 14.3. The van der Waals surface area contributed by atoms with E-state index in [0.29, 0.717) is 43.6 Å². The third kappa shape index (κ3) is 3.73. The van der Waals surface area contributed by atoms with Gasteiger partial charge in [-0.25, -0.2) is 8.42 Å². The van der Waals surface area contributed by atoms with E-state index in [1.807, 2.05) is 0 Å². The highest BCUT2D eigenvalue weighted by Gasteiger charge is 2.42. The third-order valence-electron chi connectivity index (χ3n) is 4.58. The van der Waals surface area contributed by atoms with Gasteiger partial charge < -0.3 is 14.4 Å². The number of nitrogens with zero attached hydrogens (tertiary/aromatic N) is 2. The van der Waals surface area contributed by atoms with E-state index in [1.165, 1.54) is 17.5 Å². The molecule has 144 valence electrons. The van der Waals surface area contributed by atoms with E-state index in [1.54, 1.807) is 11.0 Å². The second-order valence-electron chi connectivity index (χ2n) is 6.13. The maximum Gasteiger partial charge on any atom is 0.247 e. The molecule has 0 N–H and O–H groups in total. The lowest BCUT2D eigenvalue weighted by molar-refractivity contribution is -0.138. The Morgan fingerprint density at radius 2 is 2.00 bits per heavy atom. The van der Waals surface area contributed by atoms with E-state index in [2.05, 4.69) is 15.9 Å². The normalized spacial score (nSPS) is 21.8. The number of ether oxygens (including phenoxy) is 2. The fourth-order valence-electron chi connectivity index (χ4n) is 3.32. The lowest BCUT2D eigenvalue weighted by Crippen LogP contribution is -2.51. The number of hydrogen-bond acceptors (Lipinski definition) is 5. The number of amides is 1. The summed E-state index contributed by atoms with van der Waals surface area (Å²) in [6.07, 6.45) is 1.13. The highest BCUT2D eigenvalue weighted by atomic mass is 79.9. The van der Waals surface area contributed by atoms with Gasteiger partial charge in [0.05, 0.1) is 24.8 Å². The van der Waals surface area contributed by atoms with Crippen LogP contribution in [-0.2, 0) is 19.6 Å². The minimum Gasteiger partial charge on any atom is -0.494 e. The Balaban J connectivity index is 1.95. The summed E-state index contributed by atoms with van der Waals surface area (Å²) in [6.45, 7) is 2.20. The number of sulfonamides is 1. The van der Waals surface area contributed by atoms with Gasteiger partial charge >= 0.3 is 0 Å². The van der Waals surface area contributed by atoms with Crippen molar-refractivity contribution in [3.8, 4) is 5.75 Å². The first-order valence-electron chi connectivity index (χ1n) is 8.27. The number of carbonyl (C=O) groups is 1. The summed E-state index contributed by atoms with van der Waals surface area (Å²) in [4.78, 5) is 14.5. The summed E-state index contributed by atoms with van der Waals surface area (Å²) in [5.41, 5.74) is 0. The average Bonchev–Trinajstić information content (AvgIpc) is 3.12. The van der Waals surface area contributed by atoms with E-state index in [9.17, 15) is 13.2 Å². The zero-order chi connectivity index (χ0) is 18.9. The fourth-order valence-corrected chi connectivity index (χ4v) is 6.35. The first-order chi connectivity index (χ1) is 12.4. The largest absolute Gasteiger partial charge is 0.494 e. The van der Waals surface area contributed by atoms with Crippen molar-refractivity contribution in [1.82, 2.24) is 9.21 Å². The van der Waals surface area contributed by atoms with Crippen LogP contribution in [0.25, 0.3) is 0 Å². The van der Waals surface area contributed by atoms with Crippen molar-refractivity contribution in [2.75, 3.05) is 40.0 Å². The molecule has 1 amide bonds.